The second kappa shape index (κ2) is 13.2. The summed E-state index contributed by atoms with van der Waals surface area (Å²) < 4.78 is 16.0. The van der Waals surface area contributed by atoms with Crippen LogP contribution in [-0.2, 0) is 14.3 Å². The number of nitrogens with zero attached hydrogens (tertiary/aromatic N) is 1. The number of allylic oxidation sites excluding steroid dienone is 1. The van der Waals surface area contributed by atoms with Gasteiger partial charge in [0.25, 0.3) is 0 Å². The number of halogens is 1. The molecule has 6 nitrogen and oxygen atoms in total. The number of carbonyl (C=O) groups is 2. The third kappa shape index (κ3) is 7.71. The van der Waals surface area contributed by atoms with Gasteiger partial charge in [0.05, 0.1) is 20.3 Å². The Morgan fingerprint density at radius 2 is 1.97 bits per heavy atom. The van der Waals surface area contributed by atoms with Crippen LogP contribution >= 0.6 is 12.4 Å². The fourth-order valence-electron chi connectivity index (χ4n) is 3.36. The van der Waals surface area contributed by atoms with Crippen LogP contribution in [0.1, 0.15) is 45.1 Å². The van der Waals surface area contributed by atoms with E-state index < -0.39 is 0 Å². The van der Waals surface area contributed by atoms with Crippen molar-refractivity contribution in [2.24, 2.45) is 0 Å². The Hall–Kier alpha value is -2.05. The largest absolute Gasteiger partial charge is 0.493 e. The van der Waals surface area contributed by atoms with Crippen LogP contribution in [0.5, 0.6) is 11.5 Å². The molecule has 0 saturated carbocycles. The Kier molecular flexibility index (Phi) is 11.4. The lowest BCUT2D eigenvalue weighted by molar-refractivity contribution is -0.151. The first-order valence-electron chi connectivity index (χ1n) is 10.0. The molecule has 0 aromatic heterocycles. The molecule has 29 heavy (non-hydrogen) atoms. The number of methoxy groups -OCH3 is 1. The smallest absolute Gasteiger partial charge is 0.323 e. The first-order chi connectivity index (χ1) is 13.6. The summed E-state index contributed by atoms with van der Waals surface area (Å²) in [5.74, 6) is 1.18. The van der Waals surface area contributed by atoms with Gasteiger partial charge in [-0.25, -0.2) is 0 Å². The first-order valence-corrected chi connectivity index (χ1v) is 10.0. The summed E-state index contributed by atoms with van der Waals surface area (Å²) in [4.78, 5) is 26.5. The van der Waals surface area contributed by atoms with Crippen LogP contribution in [0, 0.1) is 0 Å². The third-order valence-electron chi connectivity index (χ3n) is 4.77. The average Bonchev–Trinajstić information content (AvgIpc) is 2.71. The minimum absolute atomic E-state index is 0. The number of carbonyl (C=O) groups excluding carboxylic acids is 2. The minimum atomic E-state index is -0.221. The van der Waals surface area contributed by atoms with Gasteiger partial charge in [-0.1, -0.05) is 18.6 Å². The molecule has 0 amide bonds. The van der Waals surface area contributed by atoms with Crippen LogP contribution < -0.4 is 9.47 Å². The molecule has 1 atom stereocenters. The zero-order valence-electron chi connectivity index (χ0n) is 17.5. The summed E-state index contributed by atoms with van der Waals surface area (Å²) >= 11 is 0. The Morgan fingerprint density at radius 1 is 1.17 bits per heavy atom. The molecule has 0 radical (unpaired) electrons. The highest BCUT2D eigenvalue weighted by Gasteiger charge is 2.29. The Morgan fingerprint density at radius 3 is 2.66 bits per heavy atom. The van der Waals surface area contributed by atoms with Gasteiger partial charge in [-0.05, 0) is 57.0 Å². The normalized spacial score (nSPS) is 16.9. The maximum atomic E-state index is 12.3. The molecule has 1 aliphatic rings. The molecular weight excluding hydrogens is 394 g/mol. The Balaban J connectivity index is 0.00000420. The van der Waals surface area contributed by atoms with Crippen LogP contribution in [0.3, 0.4) is 0 Å². The van der Waals surface area contributed by atoms with Gasteiger partial charge in [0.2, 0.25) is 0 Å². The number of ether oxygens (including phenoxy) is 3. The van der Waals surface area contributed by atoms with Gasteiger partial charge in [0.15, 0.2) is 17.3 Å². The standard InChI is InChI=1S/C22H31NO5.ClH/c1-4-27-21-16-17(10-12-20(21)26-3)9-11-18(24)13-15-23-14-7-6-8-19(23)22(25)28-5-2;/h9-12,16,19H,4-8,13-15H2,1-3H3;1H. The van der Waals surface area contributed by atoms with E-state index in [0.717, 1.165) is 31.4 Å². The van der Waals surface area contributed by atoms with Gasteiger partial charge in [-0.15, -0.1) is 12.4 Å². The summed E-state index contributed by atoms with van der Waals surface area (Å²) in [7, 11) is 1.60. The highest BCUT2D eigenvalue weighted by molar-refractivity contribution is 5.93. The summed E-state index contributed by atoms with van der Waals surface area (Å²) in [5, 5.41) is 0. The van der Waals surface area contributed by atoms with Crippen LogP contribution in [-0.4, -0.2) is 56.1 Å². The number of benzene rings is 1. The zero-order chi connectivity index (χ0) is 20.4. The van der Waals surface area contributed by atoms with Gasteiger partial charge in [0.1, 0.15) is 6.04 Å². The van der Waals surface area contributed by atoms with Crippen molar-refractivity contribution in [1.29, 1.82) is 0 Å². The van der Waals surface area contributed by atoms with Gasteiger partial charge in [-0.3, -0.25) is 14.5 Å². The fourth-order valence-corrected chi connectivity index (χ4v) is 3.36. The van der Waals surface area contributed by atoms with Crippen molar-refractivity contribution in [2.45, 2.75) is 45.6 Å². The molecule has 0 N–H and O–H groups in total. The van der Waals surface area contributed by atoms with Crippen molar-refractivity contribution in [3.05, 3.63) is 29.8 Å². The Bertz CT molecular complexity index is 692. The molecule has 162 valence electrons. The minimum Gasteiger partial charge on any atom is -0.493 e. The van der Waals surface area contributed by atoms with Crippen LogP contribution in [0.25, 0.3) is 6.08 Å². The van der Waals surface area contributed by atoms with E-state index in [1.54, 1.807) is 19.3 Å². The predicted molar refractivity (Wildman–Crippen MR) is 116 cm³/mol. The van der Waals surface area contributed by atoms with E-state index in [2.05, 4.69) is 4.90 Å². The molecule has 0 aliphatic carbocycles. The van der Waals surface area contributed by atoms with Crippen LogP contribution in [0.4, 0.5) is 0 Å². The molecule has 2 rings (SSSR count). The van der Waals surface area contributed by atoms with E-state index in [4.69, 9.17) is 14.2 Å². The topological polar surface area (TPSA) is 65.1 Å². The molecule has 1 heterocycles. The van der Waals surface area contributed by atoms with E-state index in [1.807, 2.05) is 32.0 Å². The van der Waals surface area contributed by atoms with Gasteiger partial charge < -0.3 is 14.2 Å². The second-order valence-corrected chi connectivity index (χ2v) is 6.69. The molecule has 0 spiro atoms. The van der Waals surface area contributed by atoms with Crippen molar-refractivity contribution >= 4 is 30.2 Å². The summed E-state index contributed by atoms with van der Waals surface area (Å²) in [6.45, 7) is 6.05. The average molecular weight is 426 g/mol. The summed E-state index contributed by atoms with van der Waals surface area (Å²) in [6, 6.07) is 5.34. The molecule has 7 heteroatoms. The van der Waals surface area contributed by atoms with Crippen molar-refractivity contribution in [3.8, 4) is 11.5 Å². The van der Waals surface area contributed by atoms with Crippen LogP contribution in [0.2, 0.25) is 0 Å². The number of likely N-dealkylation sites (tertiary alicyclic amines) is 1. The number of rotatable bonds is 10. The monoisotopic (exact) mass is 425 g/mol. The van der Waals surface area contributed by atoms with Crippen molar-refractivity contribution in [1.82, 2.24) is 4.90 Å². The second-order valence-electron chi connectivity index (χ2n) is 6.69. The number of hydrogen-bond donors (Lipinski definition) is 0. The third-order valence-corrected chi connectivity index (χ3v) is 4.77. The maximum absolute atomic E-state index is 12.3. The van der Waals surface area contributed by atoms with E-state index >= 15 is 0 Å². The summed E-state index contributed by atoms with van der Waals surface area (Å²) in [6.07, 6.45) is 6.61. The quantitative estimate of drug-likeness (QED) is 0.418. The van der Waals surface area contributed by atoms with Gasteiger partial charge >= 0.3 is 5.97 Å². The molecule has 0 bridgehead atoms. The lowest BCUT2D eigenvalue weighted by Gasteiger charge is -2.33. The molecule has 1 aromatic carbocycles. The first kappa shape index (κ1) is 25.0. The zero-order valence-corrected chi connectivity index (χ0v) is 18.3. The van der Waals surface area contributed by atoms with Crippen molar-refractivity contribution in [2.75, 3.05) is 33.4 Å². The number of esters is 1. The van der Waals surface area contributed by atoms with Crippen molar-refractivity contribution in [3.63, 3.8) is 0 Å². The maximum Gasteiger partial charge on any atom is 0.323 e. The van der Waals surface area contributed by atoms with E-state index in [-0.39, 0.29) is 30.2 Å². The number of piperidine rings is 1. The molecule has 1 aliphatic heterocycles. The molecule has 1 saturated heterocycles. The lowest BCUT2D eigenvalue weighted by atomic mass is 10.0. The highest BCUT2D eigenvalue weighted by atomic mass is 35.5. The molecule has 1 unspecified atom stereocenters. The van der Waals surface area contributed by atoms with Crippen LogP contribution in [0.15, 0.2) is 24.3 Å². The SMILES string of the molecule is CCOC(=O)C1CCCCN1CCC(=O)C=Cc1ccc(OC)c(OCC)c1.Cl. The lowest BCUT2D eigenvalue weighted by Crippen LogP contribution is -2.46. The van der Waals surface area contributed by atoms with E-state index in [1.165, 1.54) is 0 Å². The molecular formula is C22H32ClNO5. The highest BCUT2D eigenvalue weighted by Crippen LogP contribution is 2.28. The van der Waals surface area contributed by atoms with E-state index in [9.17, 15) is 9.59 Å². The summed E-state index contributed by atoms with van der Waals surface area (Å²) in [5.41, 5.74) is 0.875. The number of ketones is 1. The van der Waals surface area contributed by atoms with Crippen molar-refractivity contribution < 1.29 is 23.8 Å². The number of hydrogen-bond acceptors (Lipinski definition) is 6. The van der Waals surface area contributed by atoms with E-state index in [0.29, 0.717) is 37.7 Å². The predicted octanol–water partition coefficient (Wildman–Crippen LogP) is 3.91. The Labute approximate surface area is 179 Å². The molecule has 1 aromatic rings. The van der Waals surface area contributed by atoms with Gasteiger partial charge in [-0.2, -0.15) is 0 Å². The molecule has 1 fully saturated rings. The fraction of sp³-hybridized carbons (Fsp3) is 0.545. The van der Waals surface area contributed by atoms with Gasteiger partial charge in [0, 0.05) is 13.0 Å².